The van der Waals surface area contributed by atoms with Gasteiger partial charge in [0.05, 0.1) is 0 Å². The van der Waals surface area contributed by atoms with E-state index in [1.165, 1.54) is 4.90 Å². The molecule has 0 bridgehead atoms. The number of hydrogen-bond acceptors (Lipinski definition) is 4. The summed E-state index contributed by atoms with van der Waals surface area (Å²) in [6.45, 7) is 6.81. The van der Waals surface area contributed by atoms with Gasteiger partial charge in [0.25, 0.3) is 0 Å². The third-order valence-electron chi connectivity index (χ3n) is 6.49. The van der Waals surface area contributed by atoms with E-state index in [0.717, 1.165) is 22.3 Å². The number of amides is 2. The zero-order valence-corrected chi connectivity index (χ0v) is 19.6. The van der Waals surface area contributed by atoms with Crippen LogP contribution in [0.1, 0.15) is 57.6 Å². The molecule has 1 aliphatic rings. The second-order valence-electron chi connectivity index (χ2n) is 8.66. The van der Waals surface area contributed by atoms with Crippen LogP contribution in [0.2, 0.25) is 0 Å². The predicted molar refractivity (Wildman–Crippen MR) is 126 cm³/mol. The van der Waals surface area contributed by atoms with Gasteiger partial charge in [-0.1, -0.05) is 62.4 Å². The molecule has 0 atom stereocenters. The van der Waals surface area contributed by atoms with Crippen LogP contribution in [0.25, 0.3) is 11.1 Å². The largest absolute Gasteiger partial charge is 0.480 e. The van der Waals surface area contributed by atoms with E-state index in [4.69, 9.17) is 4.74 Å². The Morgan fingerprint density at radius 2 is 1.52 bits per heavy atom. The van der Waals surface area contributed by atoms with E-state index in [9.17, 15) is 19.5 Å². The molecule has 176 valence electrons. The first kappa shape index (κ1) is 24.3. The van der Waals surface area contributed by atoms with Crippen LogP contribution in [0, 0.1) is 0 Å². The fourth-order valence-electron chi connectivity index (χ4n) is 4.52. The van der Waals surface area contributed by atoms with Crippen molar-refractivity contribution in [2.75, 3.05) is 13.2 Å². The lowest BCUT2D eigenvalue weighted by atomic mass is 9.90. The fourth-order valence-corrected chi connectivity index (χ4v) is 4.52. The normalized spacial score (nSPS) is 12.8. The van der Waals surface area contributed by atoms with Crippen molar-refractivity contribution in [3.05, 3.63) is 59.7 Å². The van der Waals surface area contributed by atoms with Crippen molar-refractivity contribution in [3.63, 3.8) is 0 Å². The van der Waals surface area contributed by atoms with Gasteiger partial charge in [-0.25, -0.2) is 4.79 Å². The molecule has 7 heteroatoms. The summed E-state index contributed by atoms with van der Waals surface area (Å²) in [5, 5.41) is 12.0. The molecule has 0 saturated carbocycles. The highest BCUT2D eigenvalue weighted by molar-refractivity contribution is 5.92. The number of hydrogen-bond donors (Lipinski definition) is 2. The molecular formula is C26H32N2O5. The molecule has 0 aliphatic heterocycles. The number of carbonyl (C=O) groups is 3. The van der Waals surface area contributed by atoms with Crippen LogP contribution in [-0.4, -0.2) is 52.7 Å². The lowest BCUT2D eigenvalue weighted by Gasteiger charge is -2.37. The number of nitrogens with zero attached hydrogens (tertiary/aromatic N) is 1. The number of ether oxygens (including phenoxy) is 1. The SMILES string of the molecule is CCC(CC)(NC(=O)OCC1c2ccccc2-c2ccccc21)C(=O)N(CC(=O)O)C(C)C. The molecule has 2 amide bonds. The molecule has 2 aromatic rings. The maximum absolute atomic E-state index is 13.3. The number of carboxylic acids is 1. The molecule has 33 heavy (non-hydrogen) atoms. The van der Waals surface area contributed by atoms with Crippen LogP contribution in [0.5, 0.6) is 0 Å². The van der Waals surface area contributed by atoms with Crippen molar-refractivity contribution < 1.29 is 24.2 Å². The van der Waals surface area contributed by atoms with Crippen molar-refractivity contribution >= 4 is 18.0 Å². The van der Waals surface area contributed by atoms with Gasteiger partial charge in [-0.2, -0.15) is 0 Å². The molecule has 2 N–H and O–H groups in total. The van der Waals surface area contributed by atoms with Crippen LogP contribution in [0.15, 0.2) is 48.5 Å². The van der Waals surface area contributed by atoms with E-state index in [2.05, 4.69) is 17.4 Å². The number of aliphatic carboxylic acids is 1. The number of nitrogens with one attached hydrogen (secondary N) is 1. The number of carbonyl (C=O) groups excluding carboxylic acids is 2. The van der Waals surface area contributed by atoms with Crippen molar-refractivity contribution in [3.8, 4) is 11.1 Å². The maximum Gasteiger partial charge on any atom is 0.408 e. The molecule has 1 aliphatic carbocycles. The van der Waals surface area contributed by atoms with Gasteiger partial charge in [-0.3, -0.25) is 9.59 Å². The van der Waals surface area contributed by atoms with Crippen LogP contribution in [0.3, 0.4) is 0 Å². The van der Waals surface area contributed by atoms with E-state index in [0.29, 0.717) is 12.8 Å². The highest BCUT2D eigenvalue weighted by Crippen LogP contribution is 2.44. The van der Waals surface area contributed by atoms with E-state index in [1.54, 1.807) is 27.7 Å². The number of fused-ring (bicyclic) bond motifs is 3. The molecule has 0 fully saturated rings. The quantitative estimate of drug-likeness (QED) is 0.588. The Labute approximate surface area is 194 Å². The predicted octanol–water partition coefficient (Wildman–Crippen LogP) is 4.41. The summed E-state index contributed by atoms with van der Waals surface area (Å²) in [5.41, 5.74) is 3.24. The van der Waals surface area contributed by atoms with E-state index in [-0.39, 0.29) is 18.6 Å². The average molecular weight is 453 g/mol. The second kappa shape index (κ2) is 10.1. The van der Waals surface area contributed by atoms with E-state index in [1.807, 2.05) is 36.4 Å². The lowest BCUT2D eigenvalue weighted by molar-refractivity contribution is -0.149. The Morgan fingerprint density at radius 3 is 1.97 bits per heavy atom. The molecule has 0 radical (unpaired) electrons. The summed E-state index contributed by atoms with van der Waals surface area (Å²) in [7, 11) is 0. The molecular weight excluding hydrogens is 420 g/mol. The molecule has 0 saturated heterocycles. The van der Waals surface area contributed by atoms with Crippen molar-refractivity contribution in [2.45, 2.75) is 58.0 Å². The summed E-state index contributed by atoms with van der Waals surface area (Å²) < 4.78 is 5.63. The van der Waals surface area contributed by atoms with Gasteiger partial charge >= 0.3 is 12.1 Å². The van der Waals surface area contributed by atoms with Gasteiger partial charge in [0.1, 0.15) is 18.7 Å². The minimum Gasteiger partial charge on any atom is -0.480 e. The summed E-state index contributed by atoms with van der Waals surface area (Å²) in [5.74, 6) is -1.60. The number of rotatable bonds is 9. The highest BCUT2D eigenvalue weighted by Gasteiger charge is 2.41. The molecule has 0 spiro atoms. The first-order valence-electron chi connectivity index (χ1n) is 11.4. The monoisotopic (exact) mass is 452 g/mol. The molecule has 7 nitrogen and oxygen atoms in total. The first-order valence-corrected chi connectivity index (χ1v) is 11.4. The van der Waals surface area contributed by atoms with Gasteiger partial charge in [0.15, 0.2) is 0 Å². The lowest BCUT2D eigenvalue weighted by Crippen LogP contribution is -2.61. The first-order chi connectivity index (χ1) is 15.7. The summed E-state index contributed by atoms with van der Waals surface area (Å²) >= 11 is 0. The summed E-state index contributed by atoms with van der Waals surface area (Å²) in [4.78, 5) is 38.7. The third kappa shape index (κ3) is 4.87. The smallest absolute Gasteiger partial charge is 0.408 e. The summed E-state index contributed by atoms with van der Waals surface area (Å²) in [6.07, 6.45) is -0.0574. The van der Waals surface area contributed by atoms with Crippen LogP contribution in [-0.2, 0) is 14.3 Å². The molecule has 3 rings (SSSR count). The Bertz CT molecular complexity index is 983. The van der Waals surface area contributed by atoms with E-state index >= 15 is 0 Å². The number of carboxylic acid groups (broad SMARTS) is 1. The maximum atomic E-state index is 13.3. The van der Waals surface area contributed by atoms with Gasteiger partial charge in [-0.15, -0.1) is 0 Å². The zero-order chi connectivity index (χ0) is 24.2. The Morgan fingerprint density at radius 1 is 1.00 bits per heavy atom. The Kier molecular flexibility index (Phi) is 7.41. The molecule has 0 aromatic heterocycles. The Hall–Kier alpha value is -3.35. The zero-order valence-electron chi connectivity index (χ0n) is 19.6. The topological polar surface area (TPSA) is 95.9 Å². The van der Waals surface area contributed by atoms with Gasteiger partial charge < -0.3 is 20.1 Å². The van der Waals surface area contributed by atoms with Crippen LogP contribution in [0.4, 0.5) is 4.79 Å². The third-order valence-corrected chi connectivity index (χ3v) is 6.49. The van der Waals surface area contributed by atoms with E-state index < -0.39 is 30.1 Å². The summed E-state index contributed by atoms with van der Waals surface area (Å²) in [6, 6.07) is 15.8. The van der Waals surface area contributed by atoms with Gasteiger partial charge in [0, 0.05) is 12.0 Å². The second-order valence-corrected chi connectivity index (χ2v) is 8.66. The molecule has 0 unspecified atom stereocenters. The van der Waals surface area contributed by atoms with Crippen molar-refractivity contribution in [2.24, 2.45) is 0 Å². The minimum absolute atomic E-state index is 0.0873. The fraction of sp³-hybridized carbons (Fsp3) is 0.423. The molecule has 2 aromatic carbocycles. The highest BCUT2D eigenvalue weighted by atomic mass is 16.5. The average Bonchev–Trinajstić information content (AvgIpc) is 3.13. The van der Waals surface area contributed by atoms with Crippen molar-refractivity contribution in [1.82, 2.24) is 10.2 Å². The standard InChI is InChI=1S/C26H32N2O5/c1-5-26(6-2,24(31)28(17(3)4)15-23(29)30)27-25(32)33-16-22-20-13-9-7-11-18(20)19-12-8-10-14-21(19)22/h7-14,17,22H,5-6,15-16H2,1-4H3,(H,27,32)(H,29,30). The van der Waals surface area contributed by atoms with Crippen LogP contribution < -0.4 is 5.32 Å². The van der Waals surface area contributed by atoms with Gasteiger partial charge in [0.2, 0.25) is 5.91 Å². The van der Waals surface area contributed by atoms with Crippen LogP contribution >= 0.6 is 0 Å². The van der Waals surface area contributed by atoms with Gasteiger partial charge in [-0.05, 0) is 48.9 Å². The van der Waals surface area contributed by atoms with Crippen molar-refractivity contribution in [1.29, 1.82) is 0 Å². The molecule has 0 heterocycles. The minimum atomic E-state index is -1.23. The number of benzene rings is 2. The Balaban J connectivity index is 1.76. The number of alkyl carbamates (subject to hydrolysis) is 1.